The van der Waals surface area contributed by atoms with Gasteiger partial charge in [-0.3, -0.25) is 0 Å². The van der Waals surface area contributed by atoms with Gasteiger partial charge in [-0.1, -0.05) is 31.2 Å². The van der Waals surface area contributed by atoms with Crippen LogP contribution in [0, 0.1) is 0 Å². The molecule has 21 heavy (non-hydrogen) atoms. The molecule has 0 saturated heterocycles. The fourth-order valence-corrected chi connectivity index (χ4v) is 5.42. The molecule has 1 aromatic rings. The lowest BCUT2D eigenvalue weighted by atomic mass is 9.87. The van der Waals surface area contributed by atoms with Crippen LogP contribution in [-0.2, 0) is 16.3 Å². The molecule has 1 aliphatic rings. The first-order valence-corrected chi connectivity index (χ1v) is 10.7. The molecule has 2 atom stereocenters. The Labute approximate surface area is 132 Å². The van der Waals surface area contributed by atoms with Crippen molar-refractivity contribution in [2.45, 2.75) is 37.5 Å². The number of sulfone groups is 1. The summed E-state index contributed by atoms with van der Waals surface area (Å²) < 4.78 is 22.6. The lowest BCUT2D eigenvalue weighted by Gasteiger charge is -2.34. The van der Waals surface area contributed by atoms with Crippen LogP contribution in [0.1, 0.15) is 36.9 Å². The van der Waals surface area contributed by atoms with E-state index < -0.39 is 9.84 Å². The quantitative estimate of drug-likeness (QED) is 0.836. The Morgan fingerprint density at radius 2 is 2.10 bits per heavy atom. The first-order valence-electron chi connectivity index (χ1n) is 7.62. The molecule has 1 aliphatic carbocycles. The summed E-state index contributed by atoms with van der Waals surface area (Å²) in [6.07, 6.45) is 4.64. The Bertz CT molecular complexity index is 557. The SMILES string of the molecule is CCCNC1c2ccccc2CCC1SCCS(C)(=O)=O. The van der Waals surface area contributed by atoms with Gasteiger partial charge in [-0.15, -0.1) is 0 Å². The molecule has 0 bridgehead atoms. The van der Waals surface area contributed by atoms with Gasteiger partial charge >= 0.3 is 0 Å². The van der Waals surface area contributed by atoms with Gasteiger partial charge in [-0.05, 0) is 36.9 Å². The third kappa shape index (κ3) is 5.01. The lowest BCUT2D eigenvalue weighted by molar-refractivity contribution is 0.472. The van der Waals surface area contributed by atoms with Crippen molar-refractivity contribution in [3.05, 3.63) is 35.4 Å². The molecule has 0 fully saturated rings. The fraction of sp³-hybridized carbons (Fsp3) is 0.625. The highest BCUT2D eigenvalue weighted by Gasteiger charge is 2.29. The van der Waals surface area contributed by atoms with E-state index in [4.69, 9.17) is 0 Å². The minimum atomic E-state index is -2.86. The van der Waals surface area contributed by atoms with Crippen LogP contribution in [0.2, 0.25) is 0 Å². The Hall–Kier alpha value is -0.520. The second-order valence-electron chi connectivity index (χ2n) is 5.71. The van der Waals surface area contributed by atoms with Crippen molar-refractivity contribution in [2.75, 3.05) is 24.3 Å². The van der Waals surface area contributed by atoms with Gasteiger partial charge in [0.1, 0.15) is 9.84 Å². The molecule has 1 N–H and O–H groups in total. The zero-order chi connectivity index (χ0) is 15.3. The van der Waals surface area contributed by atoms with Crippen molar-refractivity contribution >= 4 is 21.6 Å². The van der Waals surface area contributed by atoms with E-state index in [-0.39, 0.29) is 5.75 Å². The molecular formula is C16H25NO2S2. The van der Waals surface area contributed by atoms with Crippen molar-refractivity contribution in [1.82, 2.24) is 5.32 Å². The molecule has 5 heteroatoms. The van der Waals surface area contributed by atoms with Gasteiger partial charge < -0.3 is 5.32 Å². The highest BCUT2D eigenvalue weighted by Crippen LogP contribution is 2.36. The number of thioether (sulfide) groups is 1. The average molecular weight is 328 g/mol. The molecule has 0 radical (unpaired) electrons. The largest absolute Gasteiger partial charge is 0.309 e. The zero-order valence-corrected chi connectivity index (χ0v) is 14.5. The van der Waals surface area contributed by atoms with Crippen LogP contribution in [0.15, 0.2) is 24.3 Å². The van der Waals surface area contributed by atoms with Crippen LogP contribution in [0.5, 0.6) is 0 Å². The minimum absolute atomic E-state index is 0.274. The topological polar surface area (TPSA) is 46.2 Å². The summed E-state index contributed by atoms with van der Waals surface area (Å²) in [5.74, 6) is 0.965. The van der Waals surface area contributed by atoms with Gasteiger partial charge in [0, 0.05) is 23.3 Å². The summed E-state index contributed by atoms with van der Waals surface area (Å²) in [6, 6.07) is 8.98. The molecular weight excluding hydrogens is 302 g/mol. The molecule has 0 amide bonds. The standard InChI is InChI=1S/C16H25NO2S2/c1-3-10-17-16-14-7-5-4-6-13(14)8-9-15(16)20-11-12-21(2,18)19/h4-7,15-17H,3,8-12H2,1-2H3. The second kappa shape index (κ2) is 7.65. The summed E-state index contributed by atoms with van der Waals surface area (Å²) in [4.78, 5) is 0. The van der Waals surface area contributed by atoms with Crippen molar-refractivity contribution in [1.29, 1.82) is 0 Å². The molecule has 2 unspecified atom stereocenters. The van der Waals surface area contributed by atoms with E-state index in [0.717, 1.165) is 25.8 Å². The number of nitrogens with one attached hydrogen (secondary N) is 1. The highest BCUT2D eigenvalue weighted by molar-refractivity contribution is 8.01. The van der Waals surface area contributed by atoms with Gasteiger partial charge in [-0.2, -0.15) is 11.8 Å². The summed E-state index contributed by atoms with van der Waals surface area (Å²) in [6.45, 7) is 3.18. The summed E-state index contributed by atoms with van der Waals surface area (Å²) in [7, 11) is -2.86. The normalized spacial score (nSPS) is 22.0. The van der Waals surface area contributed by atoms with Crippen molar-refractivity contribution in [3.8, 4) is 0 Å². The number of aryl methyl sites for hydroxylation is 1. The number of fused-ring (bicyclic) bond motifs is 1. The summed E-state index contributed by atoms with van der Waals surface area (Å²) in [5, 5.41) is 4.12. The van der Waals surface area contributed by atoms with Crippen molar-refractivity contribution in [2.24, 2.45) is 0 Å². The molecule has 2 rings (SSSR count). The van der Waals surface area contributed by atoms with E-state index in [0.29, 0.717) is 17.0 Å². The number of hydrogen-bond acceptors (Lipinski definition) is 4. The fourth-order valence-electron chi connectivity index (χ4n) is 2.80. The predicted octanol–water partition coefficient (Wildman–Crippen LogP) is 2.82. The monoisotopic (exact) mass is 327 g/mol. The predicted molar refractivity (Wildman–Crippen MR) is 91.8 cm³/mol. The van der Waals surface area contributed by atoms with Crippen molar-refractivity contribution < 1.29 is 8.42 Å². The number of hydrogen-bond donors (Lipinski definition) is 1. The van der Waals surface area contributed by atoms with E-state index >= 15 is 0 Å². The molecule has 0 aromatic heterocycles. The van der Waals surface area contributed by atoms with E-state index in [2.05, 4.69) is 36.5 Å². The van der Waals surface area contributed by atoms with Gasteiger partial charge in [0.15, 0.2) is 0 Å². The van der Waals surface area contributed by atoms with E-state index in [1.165, 1.54) is 17.4 Å². The first kappa shape index (κ1) is 16.8. The van der Waals surface area contributed by atoms with Crippen LogP contribution in [-0.4, -0.2) is 38.0 Å². The Kier molecular flexibility index (Phi) is 6.14. The third-order valence-corrected chi connectivity index (χ3v) is 6.44. The molecule has 118 valence electrons. The number of benzene rings is 1. The lowest BCUT2D eigenvalue weighted by Crippen LogP contribution is -2.35. The average Bonchev–Trinajstić information content (AvgIpc) is 2.44. The van der Waals surface area contributed by atoms with E-state index in [9.17, 15) is 8.42 Å². The first-order chi connectivity index (χ1) is 10.0. The van der Waals surface area contributed by atoms with E-state index in [1.807, 2.05) is 0 Å². The molecule has 0 aliphatic heterocycles. The molecule has 0 saturated carbocycles. The van der Waals surface area contributed by atoms with Crippen LogP contribution >= 0.6 is 11.8 Å². The third-order valence-electron chi connectivity index (χ3n) is 3.86. The maximum absolute atomic E-state index is 11.3. The van der Waals surface area contributed by atoms with Gasteiger partial charge in [-0.25, -0.2) is 8.42 Å². The Morgan fingerprint density at radius 1 is 1.33 bits per heavy atom. The Balaban J connectivity index is 2.06. The number of rotatable bonds is 7. The zero-order valence-electron chi connectivity index (χ0n) is 12.8. The van der Waals surface area contributed by atoms with Crippen molar-refractivity contribution in [3.63, 3.8) is 0 Å². The molecule has 1 aromatic carbocycles. The van der Waals surface area contributed by atoms with Gasteiger partial charge in [0.25, 0.3) is 0 Å². The molecule has 3 nitrogen and oxygen atoms in total. The Morgan fingerprint density at radius 3 is 2.81 bits per heavy atom. The van der Waals surface area contributed by atoms with E-state index in [1.54, 1.807) is 11.8 Å². The van der Waals surface area contributed by atoms with Gasteiger partial charge in [0.2, 0.25) is 0 Å². The highest BCUT2D eigenvalue weighted by atomic mass is 32.2. The molecule has 0 heterocycles. The maximum atomic E-state index is 11.3. The smallest absolute Gasteiger partial charge is 0.148 e. The van der Waals surface area contributed by atoms with Crippen LogP contribution in [0.3, 0.4) is 0 Å². The summed E-state index contributed by atoms with van der Waals surface area (Å²) in [5.41, 5.74) is 2.83. The maximum Gasteiger partial charge on any atom is 0.148 e. The van der Waals surface area contributed by atoms with Gasteiger partial charge in [0.05, 0.1) is 5.75 Å². The minimum Gasteiger partial charge on any atom is -0.309 e. The molecule has 0 spiro atoms. The van der Waals surface area contributed by atoms with Crippen LogP contribution in [0.25, 0.3) is 0 Å². The summed E-state index contributed by atoms with van der Waals surface area (Å²) >= 11 is 1.80. The second-order valence-corrected chi connectivity index (χ2v) is 9.32. The van der Waals surface area contributed by atoms with Crippen LogP contribution < -0.4 is 5.32 Å². The van der Waals surface area contributed by atoms with Crippen LogP contribution in [0.4, 0.5) is 0 Å².